The summed E-state index contributed by atoms with van der Waals surface area (Å²) in [5.74, 6) is -0.572. The number of hydroxylamine groups is 2. The summed E-state index contributed by atoms with van der Waals surface area (Å²) in [5.41, 5.74) is 0. The highest BCUT2D eigenvalue weighted by Gasteiger charge is 2.42. The Balaban J connectivity index is 1.06. The molecule has 13 heteroatoms. The van der Waals surface area contributed by atoms with Crippen LogP contribution in [0.1, 0.15) is 89.9 Å². The third-order valence-corrected chi connectivity index (χ3v) is 8.57. The number of hydrogen-bond donors (Lipinski definition) is 4. The van der Waals surface area contributed by atoms with Crippen molar-refractivity contribution in [3.8, 4) is 0 Å². The largest absolute Gasteiger partial charge is 0.356 e. The number of carbonyl (C=O) groups excluding carboxylic acids is 6. The molecule has 2 unspecified atom stereocenters. The van der Waals surface area contributed by atoms with Gasteiger partial charge in [-0.05, 0) is 38.5 Å². The van der Waals surface area contributed by atoms with Crippen LogP contribution in [0.2, 0.25) is 0 Å². The minimum absolute atomic E-state index is 0.01000. The van der Waals surface area contributed by atoms with Crippen LogP contribution in [0.3, 0.4) is 0 Å². The van der Waals surface area contributed by atoms with E-state index in [2.05, 4.69) is 21.3 Å². The molecule has 6 amide bonds. The third kappa shape index (κ3) is 10.7. The number of hydrogen-bond acceptors (Lipinski definition) is 8. The summed E-state index contributed by atoms with van der Waals surface area (Å²) in [6, 6.07) is 0.380. The molecule has 3 aliphatic heterocycles. The van der Waals surface area contributed by atoms with Crippen molar-refractivity contribution >= 4 is 47.4 Å². The molecule has 3 aliphatic rings. The van der Waals surface area contributed by atoms with Gasteiger partial charge >= 0.3 is 12.0 Å². The highest BCUT2D eigenvalue weighted by atomic mass is 32.2. The van der Waals surface area contributed by atoms with E-state index in [4.69, 9.17) is 4.84 Å². The van der Waals surface area contributed by atoms with Crippen LogP contribution in [-0.4, -0.2) is 76.9 Å². The van der Waals surface area contributed by atoms with Crippen LogP contribution in [0, 0.1) is 0 Å². The molecule has 3 heterocycles. The van der Waals surface area contributed by atoms with Crippen LogP contribution in [0.25, 0.3) is 0 Å². The zero-order valence-electron chi connectivity index (χ0n) is 22.5. The van der Waals surface area contributed by atoms with Crippen molar-refractivity contribution in [3.63, 3.8) is 0 Å². The number of rotatable bonds is 18. The second-order valence-corrected chi connectivity index (χ2v) is 11.5. The zero-order valence-corrected chi connectivity index (χ0v) is 23.3. The number of nitrogens with zero attached hydrogens (tertiary/aromatic N) is 1. The number of imide groups is 1. The maximum Gasteiger partial charge on any atom is 0.333 e. The highest BCUT2D eigenvalue weighted by Crippen LogP contribution is 2.33. The lowest BCUT2D eigenvalue weighted by Crippen LogP contribution is -2.36. The van der Waals surface area contributed by atoms with Gasteiger partial charge < -0.3 is 26.1 Å². The van der Waals surface area contributed by atoms with Crippen LogP contribution >= 0.6 is 11.8 Å². The van der Waals surface area contributed by atoms with Gasteiger partial charge in [-0.1, -0.05) is 19.3 Å². The molecule has 0 spiro atoms. The lowest BCUT2D eigenvalue weighted by atomic mass is 10.0. The van der Waals surface area contributed by atoms with Crippen LogP contribution in [0.5, 0.6) is 0 Å². The van der Waals surface area contributed by atoms with Gasteiger partial charge in [0.15, 0.2) is 0 Å². The summed E-state index contributed by atoms with van der Waals surface area (Å²) in [5, 5.41) is 12.7. The molecular formula is C26H41N5O7S. The molecule has 0 aliphatic carbocycles. The molecule has 0 bridgehead atoms. The monoisotopic (exact) mass is 567 g/mol. The van der Waals surface area contributed by atoms with Crippen LogP contribution < -0.4 is 21.3 Å². The first-order valence-corrected chi connectivity index (χ1v) is 15.2. The third-order valence-electron chi connectivity index (χ3n) is 7.06. The summed E-state index contributed by atoms with van der Waals surface area (Å²) < 4.78 is 0. The summed E-state index contributed by atoms with van der Waals surface area (Å²) in [6.45, 7) is 1.14. The first kappa shape index (κ1) is 30.7. The molecule has 218 valence electrons. The summed E-state index contributed by atoms with van der Waals surface area (Å²) >= 11 is 1.89. The molecule has 3 atom stereocenters. The van der Waals surface area contributed by atoms with E-state index in [-0.39, 0.29) is 49.2 Å². The highest BCUT2D eigenvalue weighted by molar-refractivity contribution is 8.00. The van der Waals surface area contributed by atoms with Gasteiger partial charge in [0.25, 0.3) is 11.8 Å². The fourth-order valence-electron chi connectivity index (χ4n) is 4.87. The van der Waals surface area contributed by atoms with Gasteiger partial charge in [0.05, 0.1) is 12.1 Å². The summed E-state index contributed by atoms with van der Waals surface area (Å²) in [7, 11) is 0. The Hall–Kier alpha value is -2.83. The second kappa shape index (κ2) is 16.3. The molecule has 3 fully saturated rings. The van der Waals surface area contributed by atoms with Gasteiger partial charge in [-0.15, -0.1) is 5.06 Å². The lowest BCUT2D eigenvalue weighted by Gasteiger charge is -2.16. The number of nitrogens with one attached hydrogen (secondary N) is 4. The van der Waals surface area contributed by atoms with E-state index in [9.17, 15) is 28.8 Å². The average molecular weight is 568 g/mol. The van der Waals surface area contributed by atoms with Gasteiger partial charge in [-0.2, -0.15) is 11.8 Å². The molecule has 0 aromatic carbocycles. The van der Waals surface area contributed by atoms with Gasteiger partial charge in [0.1, 0.15) is 0 Å². The van der Waals surface area contributed by atoms with Crippen molar-refractivity contribution in [3.05, 3.63) is 0 Å². The van der Waals surface area contributed by atoms with E-state index in [1.165, 1.54) is 0 Å². The smallest absolute Gasteiger partial charge is 0.333 e. The van der Waals surface area contributed by atoms with E-state index in [0.717, 1.165) is 50.7 Å². The standard InChI is InChI=1S/C26H41N5O7S/c32-20(27-16-8-2-4-12-24(36)38-31-22(34)13-14-23(31)35)10-3-1-7-15-28-21(33)11-6-5-9-19-25-18(17-39-19)29-26(37)30-25/h18-19,25H,1-17H2,(H,27,32)(H,28,33)(H2,29,30,37)/t18?,19-,25?/m0/s1. The number of thioether (sulfide) groups is 1. The molecule has 3 saturated heterocycles. The number of urea groups is 1. The number of carbonyl (C=O) groups is 6. The first-order valence-electron chi connectivity index (χ1n) is 14.1. The van der Waals surface area contributed by atoms with Crippen LogP contribution in [0.15, 0.2) is 0 Å². The van der Waals surface area contributed by atoms with Crippen LogP contribution in [0.4, 0.5) is 4.79 Å². The normalized spacial score (nSPS) is 21.9. The minimum atomic E-state index is -0.602. The van der Waals surface area contributed by atoms with E-state index in [1.807, 2.05) is 11.8 Å². The maximum absolute atomic E-state index is 12.0. The Labute approximate surface area is 233 Å². The van der Waals surface area contributed by atoms with Crippen molar-refractivity contribution in [1.82, 2.24) is 26.3 Å². The Morgan fingerprint density at radius 2 is 1.38 bits per heavy atom. The molecular weight excluding hydrogens is 526 g/mol. The summed E-state index contributed by atoms with van der Waals surface area (Å²) in [6.07, 6.45) is 8.46. The molecule has 12 nitrogen and oxygen atoms in total. The average Bonchev–Trinajstić information content (AvgIpc) is 3.56. The van der Waals surface area contributed by atoms with Crippen molar-refractivity contribution in [2.24, 2.45) is 0 Å². The van der Waals surface area contributed by atoms with E-state index in [1.54, 1.807) is 0 Å². The van der Waals surface area contributed by atoms with Gasteiger partial charge in [0.2, 0.25) is 11.8 Å². The molecule has 39 heavy (non-hydrogen) atoms. The second-order valence-electron chi connectivity index (χ2n) is 10.2. The molecule has 0 aromatic rings. The first-order chi connectivity index (χ1) is 18.8. The maximum atomic E-state index is 12.0. The number of unbranched alkanes of at least 4 members (excludes halogenated alkanes) is 5. The van der Waals surface area contributed by atoms with E-state index in [0.29, 0.717) is 49.1 Å². The predicted molar refractivity (Wildman–Crippen MR) is 144 cm³/mol. The van der Waals surface area contributed by atoms with E-state index >= 15 is 0 Å². The molecule has 0 radical (unpaired) electrons. The Kier molecular flexibility index (Phi) is 12.8. The van der Waals surface area contributed by atoms with Crippen molar-refractivity contribution in [2.75, 3.05) is 18.8 Å². The lowest BCUT2D eigenvalue weighted by molar-refractivity contribution is -0.197. The van der Waals surface area contributed by atoms with Gasteiger partial charge in [0, 0.05) is 56.2 Å². The summed E-state index contributed by atoms with van der Waals surface area (Å²) in [4.78, 5) is 74.8. The fraction of sp³-hybridized carbons (Fsp3) is 0.769. The topological polar surface area (TPSA) is 163 Å². The molecule has 4 N–H and O–H groups in total. The quantitative estimate of drug-likeness (QED) is 0.110. The predicted octanol–water partition coefficient (Wildman–Crippen LogP) is 1.67. The fourth-order valence-corrected chi connectivity index (χ4v) is 6.41. The Morgan fingerprint density at radius 3 is 2.03 bits per heavy atom. The van der Waals surface area contributed by atoms with Crippen molar-refractivity contribution in [1.29, 1.82) is 0 Å². The minimum Gasteiger partial charge on any atom is -0.356 e. The van der Waals surface area contributed by atoms with E-state index < -0.39 is 17.8 Å². The van der Waals surface area contributed by atoms with Gasteiger partial charge in [-0.3, -0.25) is 19.2 Å². The molecule has 0 aromatic heterocycles. The molecule has 3 rings (SSSR count). The van der Waals surface area contributed by atoms with Crippen molar-refractivity contribution < 1.29 is 33.6 Å². The Morgan fingerprint density at radius 1 is 0.795 bits per heavy atom. The van der Waals surface area contributed by atoms with Gasteiger partial charge in [-0.25, -0.2) is 9.59 Å². The number of fused-ring (bicyclic) bond motifs is 1. The van der Waals surface area contributed by atoms with Crippen molar-refractivity contribution in [2.45, 2.75) is 107 Å². The Bertz CT molecular complexity index is 886. The number of amides is 6. The molecule has 0 saturated carbocycles. The zero-order chi connectivity index (χ0) is 28.0. The van der Waals surface area contributed by atoms with Crippen LogP contribution in [-0.2, 0) is 28.8 Å². The SMILES string of the molecule is O=C(CCCCCNC(=O)CCCC[C@@H]1SCC2NC(=O)NC21)NCCCCCC(=O)ON1C(=O)CCC1=O.